The number of alkyl halides is 1. The Morgan fingerprint density at radius 2 is 2.10 bits per heavy atom. The molecule has 0 amide bonds. The van der Waals surface area contributed by atoms with E-state index in [0.717, 1.165) is 0 Å². The van der Waals surface area contributed by atoms with Gasteiger partial charge in [0.25, 0.3) is 10.1 Å². The molecule has 0 radical (unpaired) electrons. The van der Waals surface area contributed by atoms with Gasteiger partial charge in [-0.3, -0.25) is 0 Å². The first-order valence-corrected chi connectivity index (χ1v) is 4.67. The second kappa shape index (κ2) is 2.17. The van der Waals surface area contributed by atoms with E-state index in [9.17, 15) is 12.8 Å². The molecule has 0 aliphatic heterocycles. The molecule has 60 valence electrons. The van der Waals surface area contributed by atoms with Crippen molar-refractivity contribution in [2.45, 2.75) is 25.6 Å². The Balaban J connectivity index is 2.53. The quantitative estimate of drug-likeness (QED) is 0.586. The fourth-order valence-electron chi connectivity index (χ4n) is 0.468. The van der Waals surface area contributed by atoms with E-state index in [2.05, 4.69) is 4.18 Å². The molecule has 0 atom stereocenters. The Morgan fingerprint density at radius 3 is 2.40 bits per heavy atom. The molecular formula is C5H9FO3S. The van der Waals surface area contributed by atoms with Gasteiger partial charge in [-0.05, 0) is 6.92 Å². The summed E-state index contributed by atoms with van der Waals surface area (Å²) in [6, 6.07) is 0. The van der Waals surface area contributed by atoms with Crippen LogP contribution in [0.5, 0.6) is 0 Å². The van der Waals surface area contributed by atoms with Crippen LogP contribution in [0.2, 0.25) is 0 Å². The topological polar surface area (TPSA) is 43.4 Å². The molecular weight excluding hydrogens is 159 g/mol. The van der Waals surface area contributed by atoms with Crippen LogP contribution in [0.4, 0.5) is 4.39 Å². The summed E-state index contributed by atoms with van der Waals surface area (Å²) in [6.07, 6.45) is 0.401. The van der Waals surface area contributed by atoms with Gasteiger partial charge in [-0.15, -0.1) is 0 Å². The van der Waals surface area contributed by atoms with Crippen molar-refractivity contribution < 1.29 is 17.0 Å². The molecule has 1 rings (SSSR count). The van der Waals surface area contributed by atoms with Gasteiger partial charge >= 0.3 is 0 Å². The minimum Gasteiger partial charge on any atom is -0.230 e. The zero-order valence-electron chi connectivity index (χ0n) is 5.63. The zero-order chi connectivity index (χ0) is 7.83. The van der Waals surface area contributed by atoms with Crippen LogP contribution in [0.15, 0.2) is 0 Å². The molecule has 1 aliphatic carbocycles. The third-order valence-electron chi connectivity index (χ3n) is 1.27. The van der Waals surface area contributed by atoms with Crippen molar-refractivity contribution in [1.29, 1.82) is 0 Å². The van der Waals surface area contributed by atoms with E-state index in [1.807, 2.05) is 0 Å². The molecule has 10 heavy (non-hydrogen) atoms. The van der Waals surface area contributed by atoms with Crippen molar-refractivity contribution in [3.63, 3.8) is 0 Å². The van der Waals surface area contributed by atoms with Crippen molar-refractivity contribution >= 4 is 10.1 Å². The highest BCUT2D eigenvalue weighted by molar-refractivity contribution is 7.86. The van der Waals surface area contributed by atoms with Gasteiger partial charge < -0.3 is 0 Å². The van der Waals surface area contributed by atoms with Crippen LogP contribution in [-0.2, 0) is 14.3 Å². The van der Waals surface area contributed by atoms with Crippen LogP contribution in [-0.4, -0.2) is 20.0 Å². The van der Waals surface area contributed by atoms with Crippen molar-refractivity contribution in [2.24, 2.45) is 0 Å². The lowest BCUT2D eigenvalue weighted by Crippen LogP contribution is -2.16. The van der Waals surface area contributed by atoms with E-state index in [-0.39, 0.29) is 18.6 Å². The average molecular weight is 168 g/mol. The van der Waals surface area contributed by atoms with Gasteiger partial charge in [0.15, 0.2) is 0 Å². The molecule has 0 aromatic rings. The number of halogens is 1. The van der Waals surface area contributed by atoms with Gasteiger partial charge in [0.1, 0.15) is 0 Å². The molecule has 0 aromatic heterocycles. The average Bonchev–Trinajstić information content (AvgIpc) is 2.47. The Morgan fingerprint density at radius 1 is 1.60 bits per heavy atom. The maximum atomic E-state index is 12.6. The van der Waals surface area contributed by atoms with Gasteiger partial charge in [-0.25, -0.2) is 8.57 Å². The standard InChI is InChI=1S/C5H9FO3S/c1-2-10(7,8)9-5(6)3-4-5/h2-4H2,1H3. The van der Waals surface area contributed by atoms with E-state index in [1.165, 1.54) is 6.92 Å². The van der Waals surface area contributed by atoms with Crippen molar-refractivity contribution in [3.05, 3.63) is 0 Å². The number of rotatable bonds is 3. The summed E-state index contributed by atoms with van der Waals surface area (Å²) < 4.78 is 38.0. The molecule has 1 saturated carbocycles. The Bertz CT molecular complexity index is 217. The Labute approximate surface area is 59.3 Å². The van der Waals surface area contributed by atoms with E-state index in [0.29, 0.717) is 0 Å². The number of hydrogen-bond acceptors (Lipinski definition) is 3. The van der Waals surface area contributed by atoms with Gasteiger partial charge in [-0.1, -0.05) is 0 Å². The van der Waals surface area contributed by atoms with E-state index >= 15 is 0 Å². The van der Waals surface area contributed by atoms with Crippen LogP contribution in [0.1, 0.15) is 19.8 Å². The maximum Gasteiger partial charge on any atom is 0.269 e. The highest BCUT2D eigenvalue weighted by atomic mass is 32.2. The maximum absolute atomic E-state index is 12.6. The molecule has 1 fully saturated rings. The monoisotopic (exact) mass is 168 g/mol. The third kappa shape index (κ3) is 1.91. The van der Waals surface area contributed by atoms with Crippen LogP contribution in [0, 0.1) is 0 Å². The SMILES string of the molecule is CCS(=O)(=O)OC1(F)CC1. The molecule has 0 N–H and O–H groups in total. The summed E-state index contributed by atoms with van der Waals surface area (Å²) >= 11 is 0. The highest BCUT2D eigenvalue weighted by Crippen LogP contribution is 2.42. The molecule has 0 saturated heterocycles. The fraction of sp³-hybridized carbons (Fsp3) is 1.00. The first kappa shape index (κ1) is 7.94. The van der Waals surface area contributed by atoms with Crippen LogP contribution < -0.4 is 0 Å². The molecule has 5 heteroatoms. The highest BCUT2D eigenvalue weighted by Gasteiger charge is 2.48. The van der Waals surface area contributed by atoms with Crippen LogP contribution in [0.25, 0.3) is 0 Å². The lowest BCUT2D eigenvalue weighted by molar-refractivity contribution is 0.0474. The predicted molar refractivity (Wildman–Crippen MR) is 33.6 cm³/mol. The van der Waals surface area contributed by atoms with E-state index in [4.69, 9.17) is 0 Å². The van der Waals surface area contributed by atoms with Gasteiger partial charge in [0.2, 0.25) is 5.85 Å². The van der Waals surface area contributed by atoms with Crippen molar-refractivity contribution in [3.8, 4) is 0 Å². The first-order chi connectivity index (χ1) is 4.47. The van der Waals surface area contributed by atoms with Crippen molar-refractivity contribution in [2.75, 3.05) is 5.75 Å². The van der Waals surface area contributed by atoms with Gasteiger partial charge in [0, 0.05) is 12.8 Å². The molecule has 1 aliphatic rings. The summed E-state index contributed by atoms with van der Waals surface area (Å²) in [5, 5.41) is 0. The summed E-state index contributed by atoms with van der Waals surface area (Å²) in [7, 11) is -3.59. The van der Waals surface area contributed by atoms with Gasteiger partial charge in [0.05, 0.1) is 5.75 Å². The summed E-state index contributed by atoms with van der Waals surface area (Å²) in [4.78, 5) is 0. The molecule has 0 aromatic carbocycles. The second-order valence-electron chi connectivity index (χ2n) is 2.31. The largest absolute Gasteiger partial charge is 0.269 e. The third-order valence-corrected chi connectivity index (χ3v) is 2.53. The van der Waals surface area contributed by atoms with Gasteiger partial charge in [-0.2, -0.15) is 8.42 Å². The minimum atomic E-state index is -3.59. The lowest BCUT2D eigenvalue weighted by atomic mass is 10.8. The van der Waals surface area contributed by atoms with Crippen molar-refractivity contribution in [1.82, 2.24) is 0 Å². The summed E-state index contributed by atoms with van der Waals surface area (Å²) in [5.74, 6) is -2.02. The van der Waals surface area contributed by atoms with E-state index < -0.39 is 16.0 Å². The molecule has 3 nitrogen and oxygen atoms in total. The van der Waals surface area contributed by atoms with E-state index in [1.54, 1.807) is 0 Å². The molecule has 0 bridgehead atoms. The predicted octanol–water partition coefficient (Wildman–Crippen LogP) is 0.812. The smallest absolute Gasteiger partial charge is 0.230 e. The molecule has 0 spiro atoms. The molecule has 0 heterocycles. The Kier molecular flexibility index (Phi) is 1.72. The first-order valence-electron chi connectivity index (χ1n) is 3.10. The normalized spacial score (nSPS) is 22.6. The van der Waals surface area contributed by atoms with Crippen LogP contribution in [0.3, 0.4) is 0 Å². The lowest BCUT2D eigenvalue weighted by Gasteiger charge is -2.04. The van der Waals surface area contributed by atoms with Crippen LogP contribution >= 0.6 is 0 Å². The fourth-order valence-corrected chi connectivity index (χ4v) is 1.21. The second-order valence-corrected chi connectivity index (χ2v) is 4.17. The minimum absolute atomic E-state index is 0.168. The Hall–Kier alpha value is -0.160. The summed E-state index contributed by atoms with van der Waals surface area (Å²) in [6.45, 7) is 1.42. The molecule has 0 unspecified atom stereocenters. The zero-order valence-corrected chi connectivity index (χ0v) is 6.45. The summed E-state index contributed by atoms with van der Waals surface area (Å²) in [5.41, 5.74) is 0. The number of hydrogen-bond donors (Lipinski definition) is 0.